The maximum absolute atomic E-state index is 11.5. The Labute approximate surface area is 120 Å². The van der Waals surface area contributed by atoms with E-state index < -0.39 is 11.4 Å². The zero-order valence-corrected chi connectivity index (χ0v) is 11.1. The molecule has 5 nitrogen and oxygen atoms in total. The third kappa shape index (κ3) is 2.53. The number of hydrogen-bond acceptors (Lipinski definition) is 3. The molecule has 0 aliphatic heterocycles. The van der Waals surface area contributed by atoms with Crippen LogP contribution in [0, 0.1) is 0 Å². The summed E-state index contributed by atoms with van der Waals surface area (Å²) in [5.41, 5.74) is 1.18. The van der Waals surface area contributed by atoms with E-state index in [1.165, 1.54) is 12.3 Å². The monoisotopic (exact) mass is 280 g/mol. The first kappa shape index (κ1) is 13.1. The molecule has 0 atom stereocenters. The highest BCUT2D eigenvalue weighted by Crippen LogP contribution is 2.17. The summed E-state index contributed by atoms with van der Waals surface area (Å²) in [6.45, 7) is 0.476. The summed E-state index contributed by atoms with van der Waals surface area (Å²) in [5, 5.41) is 10.0. The molecule has 2 aromatic heterocycles. The van der Waals surface area contributed by atoms with Crippen molar-refractivity contribution in [3.05, 3.63) is 76.3 Å². The standard InChI is InChI=1S/C16H12N2O3/c19-15-6-8-18(10-13(15)16(20)21)9-11-5-7-17-14-4-2-1-3-12(11)14/h1-8,10H,9H2,(H,20,21). The van der Waals surface area contributed by atoms with E-state index in [0.29, 0.717) is 6.54 Å². The smallest absolute Gasteiger partial charge is 0.341 e. The number of para-hydroxylation sites is 1. The second-order valence-electron chi connectivity index (χ2n) is 4.69. The highest BCUT2D eigenvalue weighted by molar-refractivity contribution is 5.87. The fourth-order valence-corrected chi connectivity index (χ4v) is 2.27. The van der Waals surface area contributed by atoms with E-state index in [1.807, 2.05) is 30.3 Å². The van der Waals surface area contributed by atoms with E-state index >= 15 is 0 Å². The molecule has 0 aliphatic carbocycles. The van der Waals surface area contributed by atoms with Crippen molar-refractivity contribution in [2.45, 2.75) is 6.54 Å². The van der Waals surface area contributed by atoms with Crippen LogP contribution in [0.3, 0.4) is 0 Å². The van der Waals surface area contributed by atoms with Crippen molar-refractivity contribution in [3.63, 3.8) is 0 Å². The van der Waals surface area contributed by atoms with Gasteiger partial charge in [-0.05, 0) is 17.7 Å². The molecule has 0 radical (unpaired) electrons. The number of rotatable bonds is 3. The minimum atomic E-state index is -1.21. The third-order valence-electron chi connectivity index (χ3n) is 3.30. The molecule has 21 heavy (non-hydrogen) atoms. The van der Waals surface area contributed by atoms with Crippen molar-refractivity contribution in [2.24, 2.45) is 0 Å². The number of carboxylic acid groups (broad SMARTS) is 1. The van der Waals surface area contributed by atoms with Crippen LogP contribution in [0.2, 0.25) is 0 Å². The molecule has 104 valence electrons. The van der Waals surface area contributed by atoms with Crippen LogP contribution in [0.25, 0.3) is 10.9 Å². The van der Waals surface area contributed by atoms with Crippen LogP contribution in [0.4, 0.5) is 0 Å². The SMILES string of the molecule is O=C(O)c1cn(Cc2ccnc3ccccc23)ccc1=O. The maximum atomic E-state index is 11.5. The Morgan fingerprint density at radius 1 is 1.19 bits per heavy atom. The van der Waals surface area contributed by atoms with Crippen LogP contribution < -0.4 is 5.43 Å². The Kier molecular flexibility index (Phi) is 3.23. The van der Waals surface area contributed by atoms with Gasteiger partial charge in [0.15, 0.2) is 5.43 Å². The molecule has 0 bridgehead atoms. The van der Waals surface area contributed by atoms with Crippen molar-refractivity contribution >= 4 is 16.9 Å². The molecule has 3 rings (SSSR count). The Morgan fingerprint density at radius 3 is 2.81 bits per heavy atom. The van der Waals surface area contributed by atoms with Crippen molar-refractivity contribution in [1.29, 1.82) is 0 Å². The molecule has 1 N–H and O–H groups in total. The number of pyridine rings is 2. The van der Waals surface area contributed by atoms with Gasteiger partial charge in [0, 0.05) is 36.6 Å². The molecule has 3 aromatic rings. The van der Waals surface area contributed by atoms with E-state index in [4.69, 9.17) is 5.11 Å². The normalized spacial score (nSPS) is 10.7. The first-order valence-electron chi connectivity index (χ1n) is 6.41. The molecule has 2 heterocycles. The molecule has 5 heteroatoms. The summed E-state index contributed by atoms with van der Waals surface area (Å²) >= 11 is 0. The molecule has 0 amide bonds. The second-order valence-corrected chi connectivity index (χ2v) is 4.69. The number of nitrogens with zero attached hydrogens (tertiary/aromatic N) is 2. The van der Waals surface area contributed by atoms with Crippen LogP contribution in [-0.2, 0) is 6.54 Å². The van der Waals surface area contributed by atoms with Crippen LogP contribution in [0.1, 0.15) is 15.9 Å². The average Bonchev–Trinajstić information content (AvgIpc) is 2.49. The lowest BCUT2D eigenvalue weighted by Crippen LogP contribution is -2.16. The molecule has 0 fully saturated rings. The van der Waals surface area contributed by atoms with Crippen molar-refractivity contribution in [1.82, 2.24) is 9.55 Å². The molecular weight excluding hydrogens is 268 g/mol. The van der Waals surface area contributed by atoms with Crippen molar-refractivity contribution < 1.29 is 9.90 Å². The zero-order chi connectivity index (χ0) is 14.8. The van der Waals surface area contributed by atoms with Gasteiger partial charge in [0.2, 0.25) is 0 Å². The third-order valence-corrected chi connectivity index (χ3v) is 3.30. The van der Waals surface area contributed by atoms with Gasteiger partial charge < -0.3 is 9.67 Å². The number of benzene rings is 1. The summed E-state index contributed by atoms with van der Waals surface area (Å²) in [5.74, 6) is -1.21. The lowest BCUT2D eigenvalue weighted by Gasteiger charge is -2.09. The predicted molar refractivity (Wildman–Crippen MR) is 78.5 cm³/mol. The average molecular weight is 280 g/mol. The largest absolute Gasteiger partial charge is 0.477 e. The first-order chi connectivity index (χ1) is 10.1. The Hall–Kier alpha value is -2.95. The lowest BCUT2D eigenvalue weighted by atomic mass is 10.1. The van der Waals surface area contributed by atoms with Gasteiger partial charge in [-0.2, -0.15) is 0 Å². The number of carbonyl (C=O) groups is 1. The zero-order valence-electron chi connectivity index (χ0n) is 11.1. The highest BCUT2D eigenvalue weighted by Gasteiger charge is 2.09. The summed E-state index contributed by atoms with van der Waals surface area (Å²) < 4.78 is 1.69. The summed E-state index contributed by atoms with van der Waals surface area (Å²) in [6.07, 6.45) is 4.67. The number of aromatic nitrogens is 2. The number of aromatic carboxylic acids is 1. The molecule has 1 aromatic carbocycles. The van der Waals surface area contributed by atoms with E-state index in [0.717, 1.165) is 16.5 Å². The highest BCUT2D eigenvalue weighted by atomic mass is 16.4. The fourth-order valence-electron chi connectivity index (χ4n) is 2.27. The van der Waals surface area contributed by atoms with Crippen LogP contribution >= 0.6 is 0 Å². The first-order valence-corrected chi connectivity index (χ1v) is 6.41. The summed E-state index contributed by atoms with van der Waals surface area (Å²) in [6, 6.07) is 10.9. The number of fused-ring (bicyclic) bond motifs is 1. The number of hydrogen-bond donors (Lipinski definition) is 1. The predicted octanol–water partition coefficient (Wildman–Crippen LogP) is 2.14. The van der Waals surface area contributed by atoms with E-state index in [9.17, 15) is 9.59 Å². The lowest BCUT2D eigenvalue weighted by molar-refractivity contribution is 0.0694. The van der Waals surface area contributed by atoms with Gasteiger partial charge in [0.05, 0.1) is 5.52 Å². The Bertz CT molecular complexity index is 879. The molecule has 0 spiro atoms. The van der Waals surface area contributed by atoms with Gasteiger partial charge in [-0.15, -0.1) is 0 Å². The van der Waals surface area contributed by atoms with Crippen molar-refractivity contribution in [3.8, 4) is 0 Å². The summed E-state index contributed by atoms with van der Waals surface area (Å²) in [7, 11) is 0. The fraction of sp³-hybridized carbons (Fsp3) is 0.0625. The molecule has 0 saturated heterocycles. The van der Waals surface area contributed by atoms with Gasteiger partial charge in [-0.1, -0.05) is 18.2 Å². The van der Waals surface area contributed by atoms with Crippen molar-refractivity contribution in [2.75, 3.05) is 0 Å². The topological polar surface area (TPSA) is 72.2 Å². The van der Waals surface area contributed by atoms with Crippen LogP contribution in [-0.4, -0.2) is 20.6 Å². The van der Waals surface area contributed by atoms with Gasteiger partial charge in [0.25, 0.3) is 0 Å². The Morgan fingerprint density at radius 2 is 2.00 bits per heavy atom. The van der Waals surface area contributed by atoms with Gasteiger partial charge >= 0.3 is 5.97 Å². The van der Waals surface area contributed by atoms with Gasteiger partial charge in [-0.25, -0.2) is 4.79 Å². The maximum Gasteiger partial charge on any atom is 0.341 e. The van der Waals surface area contributed by atoms with Gasteiger partial charge in [-0.3, -0.25) is 9.78 Å². The van der Waals surface area contributed by atoms with E-state index in [-0.39, 0.29) is 5.56 Å². The number of carboxylic acids is 1. The minimum Gasteiger partial charge on any atom is -0.477 e. The Balaban J connectivity index is 2.05. The second kappa shape index (κ2) is 5.20. The van der Waals surface area contributed by atoms with Crippen LogP contribution in [0.15, 0.2) is 59.8 Å². The molecule has 0 unspecified atom stereocenters. The molecular formula is C16H12N2O3. The van der Waals surface area contributed by atoms with Crippen LogP contribution in [0.5, 0.6) is 0 Å². The molecule has 0 aliphatic rings. The minimum absolute atomic E-state index is 0.226. The van der Waals surface area contributed by atoms with E-state index in [1.54, 1.807) is 17.0 Å². The quantitative estimate of drug-likeness (QED) is 0.797. The summed E-state index contributed by atoms with van der Waals surface area (Å²) in [4.78, 5) is 26.8. The van der Waals surface area contributed by atoms with E-state index in [2.05, 4.69) is 4.98 Å². The van der Waals surface area contributed by atoms with Gasteiger partial charge in [0.1, 0.15) is 5.56 Å². The molecule has 0 saturated carbocycles.